The van der Waals surface area contributed by atoms with Crippen molar-refractivity contribution in [2.24, 2.45) is 11.7 Å². The Hall–Kier alpha value is -5.03. The number of amides is 1. The molecule has 11 heteroatoms. The first-order valence-corrected chi connectivity index (χ1v) is 15.9. The van der Waals surface area contributed by atoms with Gasteiger partial charge in [0.2, 0.25) is 11.8 Å². The van der Waals surface area contributed by atoms with Crippen LogP contribution in [-0.4, -0.2) is 31.1 Å². The van der Waals surface area contributed by atoms with E-state index in [9.17, 15) is 9.18 Å². The van der Waals surface area contributed by atoms with E-state index in [0.29, 0.717) is 59.8 Å². The van der Waals surface area contributed by atoms with E-state index in [0.717, 1.165) is 37.6 Å². The van der Waals surface area contributed by atoms with Crippen molar-refractivity contribution in [3.63, 3.8) is 0 Å². The highest BCUT2D eigenvalue weighted by Gasteiger charge is 2.29. The molecule has 9 nitrogen and oxygen atoms in total. The van der Waals surface area contributed by atoms with Crippen LogP contribution in [0.2, 0.25) is 0 Å². The van der Waals surface area contributed by atoms with Crippen LogP contribution in [0.5, 0.6) is 0 Å². The Bertz CT molecular complexity index is 2020. The average Bonchev–Trinajstić information content (AvgIpc) is 3.66. The molecule has 46 heavy (non-hydrogen) atoms. The van der Waals surface area contributed by atoms with Gasteiger partial charge in [-0.25, -0.2) is 9.37 Å². The number of benzene rings is 1. The number of anilines is 1. The number of carbonyl (C=O) groups excluding carboxylic acids is 1. The Balaban J connectivity index is 1.53. The Morgan fingerprint density at radius 2 is 1.76 bits per heavy atom. The normalized spacial score (nSPS) is 11.4. The average molecular weight is 636 g/mol. The van der Waals surface area contributed by atoms with Gasteiger partial charge in [0, 0.05) is 42.0 Å². The SMILES string of the molecule is Cc1ccc(CNc2nccc3cc(-c4c(C(N)=O)c(CC(C)C)nc(CCc5ccc(F)cc5)c4-c4nnc(C)o4)sc23)cn1. The van der Waals surface area contributed by atoms with Crippen LogP contribution >= 0.6 is 11.3 Å². The third kappa shape index (κ3) is 6.64. The molecule has 0 atom stereocenters. The molecule has 0 saturated heterocycles. The van der Waals surface area contributed by atoms with Gasteiger partial charge in [-0.3, -0.25) is 14.8 Å². The highest BCUT2D eigenvalue weighted by atomic mass is 32.1. The van der Waals surface area contributed by atoms with E-state index < -0.39 is 5.91 Å². The van der Waals surface area contributed by atoms with Crippen LogP contribution < -0.4 is 11.1 Å². The molecule has 1 aromatic carbocycles. The molecule has 3 N–H and O–H groups in total. The first kappa shape index (κ1) is 31.0. The lowest BCUT2D eigenvalue weighted by molar-refractivity contribution is 0.0999. The zero-order valence-electron chi connectivity index (χ0n) is 26.1. The van der Waals surface area contributed by atoms with Gasteiger partial charge in [0.25, 0.3) is 5.91 Å². The molecule has 0 saturated carbocycles. The molecular formula is C35H34FN7O2S. The van der Waals surface area contributed by atoms with Crippen LogP contribution in [0.3, 0.4) is 0 Å². The van der Waals surface area contributed by atoms with Crippen LogP contribution in [0.1, 0.15) is 58.3 Å². The predicted octanol–water partition coefficient (Wildman–Crippen LogP) is 7.25. The number of rotatable bonds is 11. The highest BCUT2D eigenvalue weighted by Crippen LogP contribution is 2.44. The quantitative estimate of drug-likeness (QED) is 0.152. The number of nitrogens with two attached hydrogens (primary N) is 1. The van der Waals surface area contributed by atoms with Gasteiger partial charge in [0.1, 0.15) is 11.6 Å². The number of thiophene rings is 1. The second kappa shape index (κ2) is 13.1. The highest BCUT2D eigenvalue weighted by molar-refractivity contribution is 7.23. The zero-order chi connectivity index (χ0) is 32.4. The van der Waals surface area contributed by atoms with Crippen molar-refractivity contribution in [2.75, 3.05) is 5.32 Å². The zero-order valence-corrected chi connectivity index (χ0v) is 26.9. The molecule has 5 aromatic heterocycles. The van der Waals surface area contributed by atoms with Crippen molar-refractivity contribution >= 4 is 33.1 Å². The Labute approximate surface area is 270 Å². The Morgan fingerprint density at radius 1 is 0.978 bits per heavy atom. The van der Waals surface area contributed by atoms with Gasteiger partial charge in [-0.1, -0.05) is 32.0 Å². The van der Waals surface area contributed by atoms with Crippen molar-refractivity contribution < 1.29 is 13.6 Å². The fraction of sp³-hybridized carbons (Fsp3) is 0.257. The van der Waals surface area contributed by atoms with E-state index in [1.54, 1.807) is 25.3 Å². The molecule has 0 bridgehead atoms. The summed E-state index contributed by atoms with van der Waals surface area (Å²) in [5, 5.41) is 12.9. The molecule has 5 heterocycles. The fourth-order valence-electron chi connectivity index (χ4n) is 5.46. The molecule has 6 rings (SSSR count). The van der Waals surface area contributed by atoms with Crippen molar-refractivity contribution in [1.29, 1.82) is 0 Å². The van der Waals surface area contributed by atoms with Crippen LogP contribution in [0.25, 0.3) is 32.0 Å². The molecule has 0 spiro atoms. The molecule has 0 aliphatic carbocycles. The maximum atomic E-state index is 13.6. The molecule has 6 aromatic rings. The van der Waals surface area contributed by atoms with E-state index in [2.05, 4.69) is 39.3 Å². The summed E-state index contributed by atoms with van der Waals surface area (Å²) in [6.45, 7) is 8.37. The van der Waals surface area contributed by atoms with E-state index in [-0.39, 0.29) is 17.6 Å². The maximum Gasteiger partial charge on any atom is 0.251 e. The number of pyridine rings is 3. The number of hydrogen-bond donors (Lipinski definition) is 2. The molecular weight excluding hydrogens is 601 g/mol. The lowest BCUT2D eigenvalue weighted by Gasteiger charge is -2.19. The monoisotopic (exact) mass is 635 g/mol. The van der Waals surface area contributed by atoms with E-state index >= 15 is 0 Å². The third-order valence-electron chi connectivity index (χ3n) is 7.61. The van der Waals surface area contributed by atoms with Gasteiger partial charge >= 0.3 is 0 Å². The first-order valence-electron chi connectivity index (χ1n) is 15.1. The van der Waals surface area contributed by atoms with Crippen molar-refractivity contribution in [2.45, 2.75) is 53.5 Å². The van der Waals surface area contributed by atoms with Crippen LogP contribution in [-0.2, 0) is 25.8 Å². The molecule has 0 aliphatic heterocycles. The summed E-state index contributed by atoms with van der Waals surface area (Å²) in [7, 11) is 0. The van der Waals surface area contributed by atoms with Crippen molar-refractivity contribution in [3.8, 4) is 21.9 Å². The standard InChI is InChI=1S/C35H34FN7O2S/c1-19(2)15-27-29(33(37)44)31(28-16-24-13-14-38-34(32(24)46-28)40-18-23-6-5-20(3)39-17-23)30(35-43-42-21(4)45-35)26(41-27)12-9-22-7-10-25(36)11-8-22/h5-8,10-11,13-14,16-17,19H,9,12,15,18H2,1-4H3,(H2,37,44)(H,38,40). The number of halogens is 1. The summed E-state index contributed by atoms with van der Waals surface area (Å²) in [6, 6.07) is 14.4. The van der Waals surface area contributed by atoms with Gasteiger partial charge in [-0.15, -0.1) is 21.5 Å². The van der Waals surface area contributed by atoms with Gasteiger partial charge in [-0.05, 0) is 78.9 Å². The minimum atomic E-state index is -0.582. The number of fused-ring (bicyclic) bond motifs is 1. The topological polar surface area (TPSA) is 133 Å². The minimum absolute atomic E-state index is 0.207. The lowest BCUT2D eigenvalue weighted by atomic mass is 9.91. The van der Waals surface area contributed by atoms with Crippen molar-refractivity contribution in [3.05, 3.63) is 106 Å². The van der Waals surface area contributed by atoms with Gasteiger partial charge in [0.05, 0.1) is 27.2 Å². The molecule has 0 radical (unpaired) electrons. The smallest absolute Gasteiger partial charge is 0.251 e. The Morgan fingerprint density at radius 3 is 2.43 bits per heavy atom. The molecule has 1 amide bonds. The predicted molar refractivity (Wildman–Crippen MR) is 178 cm³/mol. The number of aryl methyl sites for hydroxylation is 4. The summed E-state index contributed by atoms with van der Waals surface area (Å²) < 4.78 is 20.6. The number of aromatic nitrogens is 5. The van der Waals surface area contributed by atoms with Gasteiger partial charge in [0.15, 0.2) is 0 Å². The van der Waals surface area contributed by atoms with E-state index in [1.165, 1.54) is 23.5 Å². The third-order valence-corrected chi connectivity index (χ3v) is 8.79. The molecule has 0 unspecified atom stereocenters. The second-order valence-corrected chi connectivity index (χ2v) is 12.7. The van der Waals surface area contributed by atoms with E-state index in [1.807, 2.05) is 37.4 Å². The summed E-state index contributed by atoms with van der Waals surface area (Å²) in [5.41, 5.74) is 11.9. The molecule has 0 aliphatic rings. The van der Waals surface area contributed by atoms with E-state index in [4.69, 9.17) is 15.1 Å². The number of nitrogens with one attached hydrogen (secondary N) is 1. The van der Waals surface area contributed by atoms with Gasteiger partial charge in [-0.2, -0.15) is 0 Å². The van der Waals surface area contributed by atoms with Gasteiger partial charge < -0.3 is 15.5 Å². The summed E-state index contributed by atoms with van der Waals surface area (Å²) in [5.74, 6) is 0.696. The second-order valence-electron chi connectivity index (χ2n) is 11.7. The maximum absolute atomic E-state index is 13.6. The number of hydrogen-bond acceptors (Lipinski definition) is 9. The Kier molecular flexibility index (Phi) is 8.85. The first-order chi connectivity index (χ1) is 22.2. The largest absolute Gasteiger partial charge is 0.421 e. The summed E-state index contributed by atoms with van der Waals surface area (Å²) >= 11 is 1.51. The fourth-order valence-corrected chi connectivity index (χ4v) is 6.64. The number of nitrogens with zero attached hydrogens (tertiary/aromatic N) is 5. The minimum Gasteiger partial charge on any atom is -0.421 e. The number of primary amides is 1. The molecule has 234 valence electrons. The van der Waals surface area contributed by atoms with Crippen LogP contribution in [0.4, 0.5) is 10.2 Å². The van der Waals surface area contributed by atoms with Crippen LogP contribution in [0.15, 0.2) is 65.3 Å². The summed E-state index contributed by atoms with van der Waals surface area (Å²) in [6.07, 6.45) is 5.23. The summed E-state index contributed by atoms with van der Waals surface area (Å²) in [4.78, 5) is 28.2. The lowest BCUT2D eigenvalue weighted by Crippen LogP contribution is -2.20. The van der Waals surface area contributed by atoms with Crippen LogP contribution in [0, 0.1) is 25.6 Å². The molecule has 0 fully saturated rings. The van der Waals surface area contributed by atoms with Crippen molar-refractivity contribution in [1.82, 2.24) is 25.1 Å². The number of carbonyl (C=O) groups is 1.